The average molecular weight is 330 g/mol. The Labute approximate surface area is 144 Å². The molecule has 1 aromatic rings. The van der Waals surface area contributed by atoms with Gasteiger partial charge in [-0.3, -0.25) is 4.79 Å². The quantitative estimate of drug-likeness (QED) is 0.756. The maximum absolute atomic E-state index is 12.2. The molecule has 1 unspecified atom stereocenters. The van der Waals surface area contributed by atoms with Crippen LogP contribution >= 0.6 is 0 Å². The molecule has 3 aliphatic heterocycles. The van der Waals surface area contributed by atoms with Gasteiger partial charge < -0.3 is 14.5 Å². The Morgan fingerprint density at radius 3 is 2.67 bits per heavy atom. The van der Waals surface area contributed by atoms with Gasteiger partial charge in [0.05, 0.1) is 39.6 Å². The van der Waals surface area contributed by atoms with Crippen LogP contribution < -0.4 is 9.80 Å². The van der Waals surface area contributed by atoms with E-state index in [-0.39, 0.29) is 11.9 Å². The molecule has 3 aliphatic rings. The number of hydrogen-bond acceptors (Lipinski definition) is 2. The fourth-order valence-corrected chi connectivity index (χ4v) is 5.74. The number of methoxy groups -OCH3 is 1. The summed E-state index contributed by atoms with van der Waals surface area (Å²) in [6.07, 6.45) is 6.05. The minimum absolute atomic E-state index is 0.0373. The third-order valence-electron chi connectivity index (χ3n) is 6.90. The lowest BCUT2D eigenvalue weighted by molar-refractivity contribution is -0.981. The fraction of sp³-hybridized carbons (Fsp3) is 0.650. The highest BCUT2D eigenvalue weighted by Gasteiger charge is 2.61. The zero-order valence-corrected chi connectivity index (χ0v) is 14.7. The first-order chi connectivity index (χ1) is 11.7. The third-order valence-corrected chi connectivity index (χ3v) is 6.90. The monoisotopic (exact) mass is 330 g/mol. The van der Waals surface area contributed by atoms with E-state index >= 15 is 0 Å². The molecule has 130 valence electrons. The number of carbonyl (C=O) groups excluding carboxylic acids is 1. The topological polar surface area (TPSA) is 35.2 Å². The number of carbonyl (C=O) groups is 1. The molecule has 0 bridgehead atoms. The Hall–Kier alpha value is -1.39. The largest absolute Gasteiger partial charge is 0.469 e. The number of nitrogens with one attached hydrogen (secondary N) is 2. The molecular formula is C20H30N2O2+2. The molecular weight excluding hydrogens is 300 g/mol. The van der Waals surface area contributed by atoms with Gasteiger partial charge in [-0.05, 0) is 0 Å². The molecule has 4 rings (SSSR count). The highest BCUT2D eigenvalue weighted by atomic mass is 16.5. The molecule has 4 heteroatoms. The van der Waals surface area contributed by atoms with E-state index in [2.05, 4.69) is 30.3 Å². The van der Waals surface area contributed by atoms with Gasteiger partial charge in [0, 0.05) is 24.8 Å². The molecule has 3 fully saturated rings. The average Bonchev–Trinajstić information content (AvgIpc) is 3.21. The smallest absolute Gasteiger partial charge is 0.314 e. The summed E-state index contributed by atoms with van der Waals surface area (Å²) in [6.45, 7) is 4.86. The molecule has 0 saturated carbocycles. The van der Waals surface area contributed by atoms with Crippen LogP contribution in [0.3, 0.4) is 0 Å². The van der Waals surface area contributed by atoms with Crippen LogP contribution in [-0.4, -0.2) is 44.3 Å². The van der Waals surface area contributed by atoms with Gasteiger partial charge in [0.25, 0.3) is 0 Å². The van der Waals surface area contributed by atoms with E-state index in [1.54, 1.807) is 16.9 Å². The van der Waals surface area contributed by atoms with Crippen LogP contribution in [0.5, 0.6) is 0 Å². The lowest BCUT2D eigenvalue weighted by atomic mass is 9.81. The Kier molecular flexibility index (Phi) is 4.35. The van der Waals surface area contributed by atoms with Crippen LogP contribution in [0.4, 0.5) is 0 Å². The van der Waals surface area contributed by atoms with Gasteiger partial charge in [0.1, 0.15) is 24.0 Å². The minimum Gasteiger partial charge on any atom is -0.469 e. The van der Waals surface area contributed by atoms with Crippen LogP contribution in [0.1, 0.15) is 37.7 Å². The van der Waals surface area contributed by atoms with E-state index < -0.39 is 0 Å². The van der Waals surface area contributed by atoms with Crippen LogP contribution in [-0.2, 0) is 16.1 Å². The van der Waals surface area contributed by atoms with Crippen molar-refractivity contribution in [2.45, 2.75) is 50.2 Å². The lowest BCUT2D eigenvalue weighted by Crippen LogP contribution is -3.23. The second kappa shape index (κ2) is 6.49. The van der Waals surface area contributed by atoms with Gasteiger partial charge >= 0.3 is 5.97 Å². The van der Waals surface area contributed by atoms with Gasteiger partial charge in [-0.1, -0.05) is 30.3 Å². The third kappa shape index (κ3) is 2.76. The molecule has 3 atom stereocenters. The van der Waals surface area contributed by atoms with Crippen LogP contribution in [0.15, 0.2) is 30.3 Å². The standard InChI is InChI=1S/C20H28N2O2/c1-24-19(23)17-14-20(22-11-5-8-18(17)22)9-12-21(13-10-20)15-16-6-3-2-4-7-16/h2-4,6-7,17-18H,5,8-15H2,1H3/p+2/t17-,18+/m1/s1. The zero-order chi connectivity index (χ0) is 16.6. The first-order valence-electron chi connectivity index (χ1n) is 9.53. The van der Waals surface area contributed by atoms with Crippen molar-refractivity contribution in [3.05, 3.63) is 35.9 Å². The number of rotatable bonds is 3. The summed E-state index contributed by atoms with van der Waals surface area (Å²) in [5.41, 5.74) is 1.79. The molecule has 24 heavy (non-hydrogen) atoms. The Bertz CT molecular complexity index is 581. The highest BCUT2D eigenvalue weighted by Crippen LogP contribution is 2.34. The van der Waals surface area contributed by atoms with Crippen molar-refractivity contribution in [1.82, 2.24) is 0 Å². The van der Waals surface area contributed by atoms with Crippen LogP contribution in [0, 0.1) is 5.92 Å². The number of likely N-dealkylation sites (tertiary alicyclic amines) is 1. The van der Waals surface area contributed by atoms with Crippen molar-refractivity contribution >= 4 is 5.97 Å². The lowest BCUT2D eigenvalue weighted by Gasteiger charge is -2.40. The molecule has 0 amide bonds. The van der Waals surface area contributed by atoms with E-state index in [1.807, 2.05) is 0 Å². The van der Waals surface area contributed by atoms with Crippen molar-refractivity contribution < 1.29 is 19.3 Å². The van der Waals surface area contributed by atoms with Crippen molar-refractivity contribution in [1.29, 1.82) is 0 Å². The second-order valence-electron chi connectivity index (χ2n) is 8.05. The van der Waals surface area contributed by atoms with Crippen molar-refractivity contribution in [2.24, 2.45) is 5.92 Å². The maximum atomic E-state index is 12.2. The van der Waals surface area contributed by atoms with Crippen LogP contribution in [0.25, 0.3) is 0 Å². The summed E-state index contributed by atoms with van der Waals surface area (Å²) in [5, 5.41) is 0. The van der Waals surface area contributed by atoms with Crippen molar-refractivity contribution in [2.75, 3.05) is 26.7 Å². The number of esters is 1. The molecule has 0 aromatic heterocycles. The Morgan fingerprint density at radius 2 is 1.96 bits per heavy atom. The number of piperidine rings is 1. The summed E-state index contributed by atoms with van der Waals surface area (Å²) in [4.78, 5) is 15.7. The van der Waals surface area contributed by atoms with E-state index in [0.29, 0.717) is 11.6 Å². The molecule has 3 heterocycles. The van der Waals surface area contributed by atoms with Gasteiger partial charge in [-0.2, -0.15) is 0 Å². The number of quaternary nitrogens is 2. The maximum Gasteiger partial charge on any atom is 0.314 e. The Balaban J connectivity index is 1.43. The van der Waals surface area contributed by atoms with Gasteiger partial charge in [0.2, 0.25) is 0 Å². The van der Waals surface area contributed by atoms with E-state index in [0.717, 1.165) is 13.0 Å². The number of benzene rings is 1. The second-order valence-corrected chi connectivity index (χ2v) is 8.05. The van der Waals surface area contributed by atoms with E-state index in [1.165, 1.54) is 50.9 Å². The van der Waals surface area contributed by atoms with Gasteiger partial charge in [0.15, 0.2) is 0 Å². The molecule has 1 aromatic carbocycles. The van der Waals surface area contributed by atoms with Crippen LogP contribution in [0.2, 0.25) is 0 Å². The Morgan fingerprint density at radius 1 is 1.21 bits per heavy atom. The first kappa shape index (κ1) is 16.1. The fourth-order valence-electron chi connectivity index (χ4n) is 5.74. The summed E-state index contributed by atoms with van der Waals surface area (Å²) < 4.78 is 5.12. The molecule has 0 radical (unpaired) electrons. The van der Waals surface area contributed by atoms with E-state index in [9.17, 15) is 4.79 Å². The summed E-state index contributed by atoms with van der Waals surface area (Å²) in [6, 6.07) is 11.4. The van der Waals surface area contributed by atoms with Gasteiger partial charge in [-0.15, -0.1) is 0 Å². The molecule has 0 aliphatic carbocycles. The van der Waals surface area contributed by atoms with E-state index in [4.69, 9.17) is 4.74 Å². The predicted octanol–water partition coefficient (Wildman–Crippen LogP) is -0.156. The molecule has 3 saturated heterocycles. The first-order valence-corrected chi connectivity index (χ1v) is 9.53. The van der Waals surface area contributed by atoms with Crippen molar-refractivity contribution in [3.8, 4) is 0 Å². The van der Waals surface area contributed by atoms with Crippen molar-refractivity contribution in [3.63, 3.8) is 0 Å². The SMILES string of the molecule is COC(=O)[C@@H]1CC2(CC[NH+](Cc3ccccc3)CC2)[NH+]2CCC[C@@H]12. The predicted molar refractivity (Wildman–Crippen MR) is 91.8 cm³/mol. The normalized spacial score (nSPS) is 38.2. The zero-order valence-electron chi connectivity index (χ0n) is 14.7. The summed E-state index contributed by atoms with van der Waals surface area (Å²) in [5.74, 6) is 0.179. The minimum atomic E-state index is 0.0373. The molecule has 4 nitrogen and oxygen atoms in total. The highest BCUT2D eigenvalue weighted by molar-refractivity contribution is 5.73. The summed E-state index contributed by atoms with van der Waals surface area (Å²) >= 11 is 0. The number of ether oxygens (including phenoxy) is 1. The number of fused-ring (bicyclic) bond motifs is 2. The summed E-state index contributed by atoms with van der Waals surface area (Å²) in [7, 11) is 1.55. The molecule has 2 N–H and O–H groups in total. The van der Waals surface area contributed by atoms with Gasteiger partial charge in [-0.25, -0.2) is 0 Å². The molecule has 1 spiro atoms. The number of hydrogen-bond donors (Lipinski definition) is 2.